The largest absolute Gasteiger partial charge is 0.494 e. The number of hydrogen-bond donors (Lipinski definition) is 3. The Morgan fingerprint density at radius 2 is 1.50 bits per heavy atom. The van der Waals surface area contributed by atoms with E-state index in [1.165, 1.54) is 0 Å². The molecule has 0 radical (unpaired) electrons. The zero-order valence-corrected chi connectivity index (χ0v) is 16.9. The number of ketones is 2. The highest BCUT2D eigenvalue weighted by Gasteiger charge is 2.28. The van der Waals surface area contributed by atoms with E-state index >= 15 is 0 Å². The molecule has 0 atom stereocenters. The zero-order valence-electron chi connectivity index (χ0n) is 16.9. The number of carbonyl (C=O) groups is 2. The molecule has 1 aromatic carbocycles. The van der Waals surface area contributed by atoms with Gasteiger partial charge in [0.25, 0.3) is 0 Å². The molecule has 1 aromatic rings. The van der Waals surface area contributed by atoms with Crippen LogP contribution in [0.2, 0.25) is 0 Å². The predicted octanol–water partition coefficient (Wildman–Crippen LogP) is 1.86. The Kier molecular flexibility index (Phi) is 10.1. The normalized spacial score (nSPS) is 15.1. The third kappa shape index (κ3) is 7.22. The molecule has 28 heavy (non-hydrogen) atoms. The molecule has 3 N–H and O–H groups in total. The molecule has 0 unspecified atom stereocenters. The van der Waals surface area contributed by atoms with E-state index in [2.05, 4.69) is 0 Å². The summed E-state index contributed by atoms with van der Waals surface area (Å²) < 4.78 is 11.1. The third-order valence-electron chi connectivity index (χ3n) is 4.52. The van der Waals surface area contributed by atoms with Crippen molar-refractivity contribution in [3.63, 3.8) is 0 Å². The second kappa shape index (κ2) is 11.8. The lowest BCUT2D eigenvalue weighted by Crippen LogP contribution is -2.29. The van der Waals surface area contributed by atoms with Crippen LogP contribution < -0.4 is 9.47 Å². The Hall–Kier alpha value is -1.96. The van der Waals surface area contributed by atoms with E-state index in [1.54, 1.807) is 6.92 Å². The molecule has 0 saturated heterocycles. The van der Waals surface area contributed by atoms with Gasteiger partial charge in [-0.15, -0.1) is 0 Å². The fourth-order valence-electron chi connectivity index (χ4n) is 2.74. The smallest absolute Gasteiger partial charge is 0.140 e. The number of rotatable bonds is 8. The summed E-state index contributed by atoms with van der Waals surface area (Å²) in [6.45, 7) is 6.02. The maximum atomic E-state index is 11.6. The van der Waals surface area contributed by atoms with E-state index in [9.17, 15) is 9.59 Å². The van der Waals surface area contributed by atoms with Gasteiger partial charge in [0.2, 0.25) is 0 Å². The van der Waals surface area contributed by atoms with Gasteiger partial charge in [0.05, 0.1) is 39.5 Å². The van der Waals surface area contributed by atoms with Gasteiger partial charge in [-0.2, -0.15) is 0 Å². The first kappa shape index (κ1) is 24.1. The van der Waals surface area contributed by atoms with Crippen LogP contribution in [0.15, 0.2) is 18.2 Å². The van der Waals surface area contributed by atoms with Gasteiger partial charge in [-0.1, -0.05) is 13.0 Å². The van der Waals surface area contributed by atoms with Crippen LogP contribution in [0.4, 0.5) is 0 Å². The number of benzene rings is 1. The summed E-state index contributed by atoms with van der Waals surface area (Å²) in [7, 11) is 0. The Morgan fingerprint density at radius 1 is 0.964 bits per heavy atom. The van der Waals surface area contributed by atoms with Crippen LogP contribution in [0.3, 0.4) is 0 Å². The van der Waals surface area contributed by atoms with E-state index < -0.39 is 5.41 Å². The molecule has 1 fully saturated rings. The molecule has 0 spiro atoms. The highest BCUT2D eigenvalue weighted by molar-refractivity contribution is 6.02. The molecule has 1 aliphatic carbocycles. The molecule has 7 nitrogen and oxygen atoms in total. The van der Waals surface area contributed by atoms with Crippen molar-refractivity contribution in [3.8, 4) is 11.5 Å². The standard InChI is InChI=1S/C16H20O4.C5H12O3/c1-3-19-14-5-6-15(16(10-14)20-4-2)11-7-12(17)9-13(18)8-11;1-5(2-6,3-7)4-8/h5-6,10-11H,3-4,7-9H2,1-2H3;6-8H,2-4H2,1H3. The van der Waals surface area contributed by atoms with Crippen molar-refractivity contribution in [3.05, 3.63) is 23.8 Å². The monoisotopic (exact) mass is 396 g/mol. The summed E-state index contributed by atoms with van der Waals surface area (Å²) in [4.78, 5) is 23.2. The second-order valence-corrected chi connectivity index (χ2v) is 7.21. The number of ether oxygens (including phenoxy) is 2. The van der Waals surface area contributed by atoms with E-state index in [4.69, 9.17) is 24.8 Å². The lowest BCUT2D eigenvalue weighted by molar-refractivity contribution is -0.130. The second-order valence-electron chi connectivity index (χ2n) is 7.21. The molecule has 0 amide bonds. The minimum atomic E-state index is -0.708. The molecule has 2 rings (SSSR count). The van der Waals surface area contributed by atoms with Gasteiger partial charge in [-0.3, -0.25) is 9.59 Å². The number of Topliss-reactive ketones (excluding diaryl/α,β-unsaturated/α-hetero) is 2. The van der Waals surface area contributed by atoms with Crippen molar-refractivity contribution >= 4 is 11.6 Å². The van der Waals surface area contributed by atoms with Crippen LogP contribution in [-0.4, -0.2) is 59.9 Å². The van der Waals surface area contributed by atoms with Crippen molar-refractivity contribution < 1.29 is 34.4 Å². The van der Waals surface area contributed by atoms with E-state index in [0.717, 1.165) is 11.3 Å². The Labute approximate surface area is 166 Å². The van der Waals surface area contributed by atoms with Crippen molar-refractivity contribution in [1.29, 1.82) is 0 Å². The molecule has 1 aliphatic rings. The van der Waals surface area contributed by atoms with Crippen LogP contribution in [0.5, 0.6) is 11.5 Å². The Bertz CT molecular complexity index is 613. The molecule has 0 aromatic heterocycles. The van der Waals surface area contributed by atoms with Crippen molar-refractivity contribution in [2.24, 2.45) is 5.41 Å². The zero-order chi connectivity index (χ0) is 21.2. The maximum absolute atomic E-state index is 11.6. The Balaban J connectivity index is 0.000000416. The van der Waals surface area contributed by atoms with Crippen molar-refractivity contribution in [1.82, 2.24) is 0 Å². The Morgan fingerprint density at radius 3 is 1.93 bits per heavy atom. The van der Waals surface area contributed by atoms with Crippen LogP contribution in [0, 0.1) is 5.41 Å². The average Bonchev–Trinajstić information content (AvgIpc) is 2.68. The fraction of sp³-hybridized carbons (Fsp3) is 0.619. The average molecular weight is 396 g/mol. The molecular formula is C21H32O7. The minimum Gasteiger partial charge on any atom is -0.494 e. The fourth-order valence-corrected chi connectivity index (χ4v) is 2.74. The number of hydrogen-bond acceptors (Lipinski definition) is 7. The third-order valence-corrected chi connectivity index (χ3v) is 4.52. The minimum absolute atomic E-state index is 0.0163. The van der Waals surface area contributed by atoms with Gasteiger partial charge in [-0.25, -0.2) is 0 Å². The summed E-state index contributed by atoms with van der Waals surface area (Å²) in [6, 6.07) is 5.61. The molecule has 158 valence electrons. The maximum Gasteiger partial charge on any atom is 0.140 e. The lowest BCUT2D eigenvalue weighted by Gasteiger charge is -2.23. The van der Waals surface area contributed by atoms with Crippen LogP contribution >= 0.6 is 0 Å². The first-order valence-electron chi connectivity index (χ1n) is 9.57. The van der Waals surface area contributed by atoms with Gasteiger partial charge in [0.15, 0.2) is 0 Å². The van der Waals surface area contributed by atoms with Gasteiger partial charge in [0, 0.05) is 30.2 Å². The predicted molar refractivity (Wildman–Crippen MR) is 105 cm³/mol. The molecular weight excluding hydrogens is 364 g/mol. The van der Waals surface area contributed by atoms with Gasteiger partial charge < -0.3 is 24.8 Å². The van der Waals surface area contributed by atoms with Gasteiger partial charge >= 0.3 is 0 Å². The molecule has 0 heterocycles. The molecule has 7 heteroatoms. The topological polar surface area (TPSA) is 113 Å². The van der Waals surface area contributed by atoms with Crippen LogP contribution in [-0.2, 0) is 9.59 Å². The SMILES string of the molecule is CC(CO)(CO)CO.CCOc1ccc(C2CC(=O)CC(=O)C2)c(OCC)c1. The van der Waals surface area contributed by atoms with E-state index in [0.29, 0.717) is 31.8 Å². The van der Waals surface area contributed by atoms with Gasteiger partial charge in [-0.05, 0) is 25.5 Å². The van der Waals surface area contributed by atoms with Crippen molar-refractivity contribution in [2.45, 2.75) is 46.0 Å². The number of aliphatic hydroxyl groups excluding tert-OH is 3. The number of carbonyl (C=O) groups excluding carboxylic acids is 2. The first-order valence-corrected chi connectivity index (χ1v) is 9.57. The summed E-state index contributed by atoms with van der Waals surface area (Å²) in [5.41, 5.74) is 0.219. The molecule has 0 bridgehead atoms. The number of aliphatic hydroxyl groups is 3. The van der Waals surface area contributed by atoms with Crippen LogP contribution in [0.25, 0.3) is 0 Å². The van der Waals surface area contributed by atoms with Crippen molar-refractivity contribution in [2.75, 3.05) is 33.0 Å². The summed E-state index contributed by atoms with van der Waals surface area (Å²) in [5, 5.41) is 25.4. The summed E-state index contributed by atoms with van der Waals surface area (Å²) in [5.74, 6) is 1.42. The highest BCUT2D eigenvalue weighted by atomic mass is 16.5. The van der Waals surface area contributed by atoms with E-state index in [-0.39, 0.29) is 43.7 Å². The van der Waals surface area contributed by atoms with E-state index in [1.807, 2.05) is 32.0 Å². The van der Waals surface area contributed by atoms with Crippen LogP contribution in [0.1, 0.15) is 51.5 Å². The summed E-state index contributed by atoms with van der Waals surface area (Å²) >= 11 is 0. The first-order chi connectivity index (χ1) is 13.3. The van der Waals surface area contributed by atoms with Gasteiger partial charge in [0.1, 0.15) is 23.1 Å². The quantitative estimate of drug-likeness (QED) is 0.575. The summed E-state index contributed by atoms with van der Waals surface area (Å²) in [6.07, 6.45) is 0.914. The highest BCUT2D eigenvalue weighted by Crippen LogP contribution is 2.37. The molecule has 1 saturated carbocycles. The molecule has 0 aliphatic heterocycles. The lowest BCUT2D eigenvalue weighted by atomic mass is 9.82.